The van der Waals surface area contributed by atoms with Gasteiger partial charge in [-0.15, -0.1) is 0 Å². The lowest BCUT2D eigenvalue weighted by atomic mass is 10.1. The molecule has 0 heterocycles. The summed E-state index contributed by atoms with van der Waals surface area (Å²) in [7, 11) is 0. The fraction of sp³-hybridized carbons (Fsp3) is 0.377. The predicted molar refractivity (Wildman–Crippen MR) is 326 cm³/mol. The van der Waals surface area contributed by atoms with Gasteiger partial charge < -0.3 is 52.1 Å². The average molecular weight is 1200 g/mol. The van der Waals surface area contributed by atoms with Crippen LogP contribution in [-0.2, 0) is 33.3 Å². The van der Waals surface area contributed by atoms with E-state index in [4.69, 9.17) is 52.1 Å². The zero-order chi connectivity index (χ0) is 62.3. The maximum absolute atomic E-state index is 14.0. The molecule has 1 atom stereocenters. The monoisotopic (exact) mass is 1200 g/mol. The van der Waals surface area contributed by atoms with Crippen molar-refractivity contribution in [2.45, 2.75) is 129 Å². The number of carbonyl (C=O) groups is 7. The van der Waals surface area contributed by atoms with Crippen LogP contribution >= 0.6 is 0 Å². The van der Waals surface area contributed by atoms with E-state index in [2.05, 4.69) is 19.7 Å². The topological polar surface area (TPSA) is 221 Å². The van der Waals surface area contributed by atoms with Crippen LogP contribution in [0, 0.1) is 0 Å². The highest BCUT2D eigenvalue weighted by Crippen LogP contribution is 2.29. The number of benzene rings is 5. The molecule has 18 heteroatoms. The lowest BCUT2D eigenvalue weighted by Crippen LogP contribution is -2.22. The fourth-order valence-corrected chi connectivity index (χ4v) is 8.39. The Morgan fingerprint density at radius 2 is 0.644 bits per heavy atom. The van der Waals surface area contributed by atoms with Crippen LogP contribution in [0.4, 0.5) is 0 Å². The molecule has 0 amide bonds. The Balaban J connectivity index is 1.13. The summed E-state index contributed by atoms with van der Waals surface area (Å²) in [4.78, 5) is 87.4. The minimum absolute atomic E-state index is 0.0400. The van der Waals surface area contributed by atoms with Crippen molar-refractivity contribution < 1.29 is 85.7 Å². The molecule has 0 aliphatic carbocycles. The molecule has 0 N–H and O–H groups in total. The van der Waals surface area contributed by atoms with Crippen LogP contribution in [0.25, 0.3) is 0 Å². The third-order valence-electron chi connectivity index (χ3n) is 13.1. The summed E-state index contributed by atoms with van der Waals surface area (Å²) < 4.78 is 61.2. The second-order valence-electron chi connectivity index (χ2n) is 20.0. The van der Waals surface area contributed by atoms with Crippen molar-refractivity contribution in [1.82, 2.24) is 0 Å². The molecule has 0 radical (unpaired) electrons. The van der Waals surface area contributed by atoms with Gasteiger partial charge in [-0.1, -0.05) is 83.9 Å². The minimum atomic E-state index is -1.20. The first-order valence-electron chi connectivity index (χ1n) is 29.7. The molecule has 0 spiro atoms. The molecule has 0 saturated heterocycles. The SMILES string of the molecule is C=CC(=O)OCCCCCCCCCOc1ccc(C(=O)Oc2ccc(OC(=O)c3ccc(OCCCCCCCCCOC(=O)C=C)cc3)c(C(=O)OC(C)Oc3ccc(OC(=O)c4ccc(OCCCCCCOC(=O)C=C)cc4)cc3)c2)cc1. The van der Waals surface area contributed by atoms with E-state index in [0.29, 0.717) is 62.5 Å². The number of hydrogen-bond donors (Lipinski definition) is 0. The molecule has 18 nitrogen and oxygen atoms in total. The highest BCUT2D eigenvalue weighted by molar-refractivity contribution is 5.97. The van der Waals surface area contributed by atoms with Crippen molar-refractivity contribution in [2.24, 2.45) is 0 Å². The summed E-state index contributed by atoms with van der Waals surface area (Å²) in [6.07, 6.45) is 19.3. The quantitative estimate of drug-likeness (QED) is 0.00884. The molecule has 1 unspecified atom stereocenters. The zero-order valence-electron chi connectivity index (χ0n) is 49.7. The van der Waals surface area contributed by atoms with Crippen molar-refractivity contribution in [1.29, 1.82) is 0 Å². The number of carbonyl (C=O) groups excluding carboxylic acids is 7. The molecule has 87 heavy (non-hydrogen) atoms. The van der Waals surface area contributed by atoms with E-state index in [1.54, 1.807) is 72.8 Å². The zero-order valence-corrected chi connectivity index (χ0v) is 49.7. The van der Waals surface area contributed by atoms with E-state index in [1.165, 1.54) is 49.4 Å². The number of ether oxygens (including phenoxy) is 11. The van der Waals surface area contributed by atoms with Crippen LogP contribution in [0.3, 0.4) is 0 Å². The smallest absolute Gasteiger partial charge is 0.345 e. The Morgan fingerprint density at radius 1 is 0.345 bits per heavy atom. The van der Waals surface area contributed by atoms with Crippen LogP contribution in [-0.4, -0.2) is 87.7 Å². The molecular formula is C69H80O18. The van der Waals surface area contributed by atoms with Gasteiger partial charge in [0, 0.05) is 25.2 Å². The van der Waals surface area contributed by atoms with Gasteiger partial charge in [0.15, 0.2) is 0 Å². The Morgan fingerprint density at radius 3 is 1.01 bits per heavy atom. The average Bonchev–Trinajstić information content (AvgIpc) is 3.26. The van der Waals surface area contributed by atoms with Gasteiger partial charge in [-0.05, 0) is 167 Å². The van der Waals surface area contributed by atoms with Gasteiger partial charge in [0.2, 0.25) is 6.29 Å². The molecular weight excluding hydrogens is 1120 g/mol. The Labute approximate surface area is 509 Å². The van der Waals surface area contributed by atoms with E-state index in [9.17, 15) is 33.6 Å². The first kappa shape index (κ1) is 68.6. The minimum Gasteiger partial charge on any atom is -0.494 e. The van der Waals surface area contributed by atoms with Gasteiger partial charge in [-0.2, -0.15) is 0 Å². The molecule has 464 valence electrons. The Bertz CT molecular complexity index is 2950. The number of unbranched alkanes of at least 4 members (excludes halogenated alkanes) is 15. The summed E-state index contributed by atoms with van der Waals surface area (Å²) in [6, 6.07) is 29.5. The highest BCUT2D eigenvalue weighted by Gasteiger charge is 2.23. The van der Waals surface area contributed by atoms with E-state index in [-0.39, 0.29) is 39.7 Å². The van der Waals surface area contributed by atoms with E-state index in [0.717, 1.165) is 134 Å². The van der Waals surface area contributed by atoms with Gasteiger partial charge >= 0.3 is 41.8 Å². The van der Waals surface area contributed by atoms with E-state index >= 15 is 0 Å². The summed E-state index contributed by atoms with van der Waals surface area (Å²) in [6.45, 7) is 14.3. The molecule has 0 bridgehead atoms. The van der Waals surface area contributed by atoms with Crippen LogP contribution in [0.15, 0.2) is 153 Å². The standard InChI is InChI=1S/C69H80O18/c1-5-63(70)80-47-23-16-12-8-10-14-20-44-77-56-34-28-53(29-35-56)67(74)86-60-42-43-62(87-68(75)54-30-36-57(37-31-54)78-45-21-15-11-9-13-17-24-48-81-64(71)6-2)61(50-60)69(76)84-51(4)83-58-38-40-59(41-39-58)85-66(73)52-26-32-55(33-27-52)79-46-22-18-19-25-49-82-65(72)7-3/h5-7,26-43,50-51H,1-3,8-25,44-49H2,4H3. The van der Waals surface area contributed by atoms with E-state index in [1.807, 2.05) is 0 Å². The first-order valence-corrected chi connectivity index (χ1v) is 29.7. The van der Waals surface area contributed by atoms with Crippen molar-refractivity contribution >= 4 is 41.8 Å². The fourth-order valence-electron chi connectivity index (χ4n) is 8.39. The molecule has 5 aromatic carbocycles. The van der Waals surface area contributed by atoms with Crippen LogP contribution in [0.5, 0.6) is 40.2 Å². The van der Waals surface area contributed by atoms with E-state index < -0.39 is 48.1 Å². The van der Waals surface area contributed by atoms with Crippen molar-refractivity contribution in [3.8, 4) is 40.2 Å². The largest absolute Gasteiger partial charge is 0.494 e. The lowest BCUT2D eigenvalue weighted by molar-refractivity contribution is -0.138. The summed E-state index contributed by atoms with van der Waals surface area (Å²) in [5.74, 6) is -2.27. The van der Waals surface area contributed by atoms with Crippen molar-refractivity contribution in [3.63, 3.8) is 0 Å². The second kappa shape index (κ2) is 40.2. The molecule has 5 aromatic rings. The summed E-state index contributed by atoms with van der Waals surface area (Å²) in [5.41, 5.74) is 0.452. The summed E-state index contributed by atoms with van der Waals surface area (Å²) in [5, 5.41) is 0. The third kappa shape index (κ3) is 27.6. The molecule has 5 rings (SSSR count). The van der Waals surface area contributed by atoms with Crippen molar-refractivity contribution in [2.75, 3.05) is 39.6 Å². The van der Waals surface area contributed by atoms with Gasteiger partial charge in [-0.25, -0.2) is 33.6 Å². The van der Waals surface area contributed by atoms with Crippen LogP contribution in [0.2, 0.25) is 0 Å². The van der Waals surface area contributed by atoms with Crippen LogP contribution < -0.4 is 33.2 Å². The molecule has 0 aliphatic rings. The number of rotatable bonds is 43. The van der Waals surface area contributed by atoms with Crippen molar-refractivity contribution in [3.05, 3.63) is 175 Å². The third-order valence-corrected chi connectivity index (χ3v) is 13.1. The highest BCUT2D eigenvalue weighted by atomic mass is 16.7. The lowest BCUT2D eigenvalue weighted by Gasteiger charge is -2.17. The number of esters is 7. The van der Waals surface area contributed by atoms with Gasteiger partial charge in [0.25, 0.3) is 0 Å². The molecule has 0 fully saturated rings. The van der Waals surface area contributed by atoms with Gasteiger partial charge in [0.05, 0.1) is 56.3 Å². The normalized spacial score (nSPS) is 11.0. The Kier molecular flexibility index (Phi) is 31.7. The maximum Gasteiger partial charge on any atom is 0.345 e. The van der Waals surface area contributed by atoms with Gasteiger partial charge in [-0.3, -0.25) is 0 Å². The maximum atomic E-state index is 14.0. The first-order chi connectivity index (χ1) is 42.3. The summed E-state index contributed by atoms with van der Waals surface area (Å²) >= 11 is 0. The predicted octanol–water partition coefficient (Wildman–Crippen LogP) is 14.3. The molecule has 0 aromatic heterocycles. The number of hydrogen-bond acceptors (Lipinski definition) is 18. The Hall–Kier alpha value is -9.19. The van der Waals surface area contributed by atoms with Crippen LogP contribution in [0.1, 0.15) is 164 Å². The second-order valence-corrected chi connectivity index (χ2v) is 20.0. The molecule has 0 saturated carbocycles. The molecule has 0 aliphatic heterocycles. The van der Waals surface area contributed by atoms with Gasteiger partial charge in [0.1, 0.15) is 45.8 Å².